The molecule has 24 heavy (non-hydrogen) atoms. The number of nitrogens with one attached hydrogen (secondary N) is 1. The number of ether oxygens (including phenoxy) is 1. The third-order valence-electron chi connectivity index (χ3n) is 4.79. The van der Waals surface area contributed by atoms with Gasteiger partial charge in [0.25, 0.3) is 0 Å². The van der Waals surface area contributed by atoms with Crippen molar-refractivity contribution in [1.82, 2.24) is 10.2 Å². The Balaban J connectivity index is 1.46. The number of likely N-dealkylation sites (tertiary alicyclic amines) is 1. The average Bonchev–Trinajstić information content (AvgIpc) is 2.96. The molecule has 4 heteroatoms. The van der Waals surface area contributed by atoms with E-state index in [2.05, 4.69) is 47.8 Å². The molecule has 1 heterocycles. The van der Waals surface area contributed by atoms with E-state index in [9.17, 15) is 4.79 Å². The van der Waals surface area contributed by atoms with Crippen LogP contribution in [0.1, 0.15) is 24.8 Å². The molecule has 3 rings (SSSR count). The van der Waals surface area contributed by atoms with Crippen molar-refractivity contribution in [1.29, 1.82) is 0 Å². The van der Waals surface area contributed by atoms with Gasteiger partial charge in [-0.2, -0.15) is 0 Å². The van der Waals surface area contributed by atoms with Gasteiger partial charge in [0.05, 0.1) is 6.61 Å². The summed E-state index contributed by atoms with van der Waals surface area (Å²) in [4.78, 5) is 13.9. The van der Waals surface area contributed by atoms with E-state index in [0.29, 0.717) is 25.6 Å². The van der Waals surface area contributed by atoms with Gasteiger partial charge < -0.3 is 15.0 Å². The van der Waals surface area contributed by atoms with Gasteiger partial charge in [0, 0.05) is 32.7 Å². The molecule has 2 aromatic carbocycles. The number of fused-ring (bicyclic) bond motifs is 1. The van der Waals surface area contributed by atoms with Crippen molar-refractivity contribution in [2.75, 3.05) is 26.8 Å². The third kappa shape index (κ3) is 4.13. The summed E-state index contributed by atoms with van der Waals surface area (Å²) in [6, 6.07) is 15.4. The molecule has 4 nitrogen and oxygen atoms in total. The number of carbonyl (C=O) groups is 1. The Labute approximate surface area is 143 Å². The normalized spacial score (nSPS) is 17.8. The van der Waals surface area contributed by atoms with Crippen molar-refractivity contribution in [3.05, 3.63) is 48.0 Å². The first-order valence-electron chi connectivity index (χ1n) is 8.75. The Bertz CT molecular complexity index is 686. The summed E-state index contributed by atoms with van der Waals surface area (Å²) in [7, 11) is 1.68. The second-order valence-electron chi connectivity index (χ2n) is 6.42. The first kappa shape index (κ1) is 16.9. The minimum atomic E-state index is 0.270. The molecule has 128 valence electrons. The fourth-order valence-corrected chi connectivity index (χ4v) is 3.44. The van der Waals surface area contributed by atoms with Crippen LogP contribution in [0.5, 0.6) is 0 Å². The highest BCUT2D eigenvalue weighted by atomic mass is 16.5. The third-order valence-corrected chi connectivity index (χ3v) is 4.79. The van der Waals surface area contributed by atoms with E-state index in [4.69, 9.17) is 4.74 Å². The van der Waals surface area contributed by atoms with Crippen LogP contribution in [0.25, 0.3) is 10.8 Å². The summed E-state index contributed by atoms with van der Waals surface area (Å²) in [5.41, 5.74) is 1.30. The summed E-state index contributed by atoms with van der Waals surface area (Å²) >= 11 is 0. The van der Waals surface area contributed by atoms with E-state index < -0.39 is 0 Å². The molecule has 0 bridgehead atoms. The van der Waals surface area contributed by atoms with Gasteiger partial charge >= 0.3 is 0 Å². The van der Waals surface area contributed by atoms with E-state index in [1.807, 2.05) is 4.90 Å². The van der Waals surface area contributed by atoms with Gasteiger partial charge in [-0.3, -0.25) is 4.79 Å². The van der Waals surface area contributed by atoms with Crippen LogP contribution in [-0.2, 0) is 16.1 Å². The standard InChI is InChI=1S/C20H26N2O2/c1-24-13-12-22-19(8-9-20(22)23)10-11-21-15-16-6-7-17-4-2-3-5-18(17)14-16/h2-7,14,19,21H,8-13,15H2,1H3/t19-/m0/s1. The summed E-state index contributed by atoms with van der Waals surface area (Å²) < 4.78 is 5.11. The lowest BCUT2D eigenvalue weighted by molar-refractivity contribution is -0.129. The van der Waals surface area contributed by atoms with Crippen LogP contribution in [0.4, 0.5) is 0 Å². The van der Waals surface area contributed by atoms with Crippen molar-refractivity contribution >= 4 is 16.7 Å². The summed E-state index contributed by atoms with van der Waals surface area (Å²) in [6.07, 6.45) is 2.66. The van der Waals surface area contributed by atoms with E-state index in [0.717, 1.165) is 25.9 Å². The van der Waals surface area contributed by atoms with Crippen molar-refractivity contribution < 1.29 is 9.53 Å². The number of hydrogen-bond donors (Lipinski definition) is 1. The molecule has 0 unspecified atom stereocenters. The van der Waals surface area contributed by atoms with Crippen LogP contribution >= 0.6 is 0 Å². The molecular weight excluding hydrogens is 300 g/mol. The molecule has 1 saturated heterocycles. The van der Waals surface area contributed by atoms with Crippen molar-refractivity contribution in [3.8, 4) is 0 Å². The maximum Gasteiger partial charge on any atom is 0.222 e. The monoisotopic (exact) mass is 326 g/mol. The predicted octanol–water partition coefficient (Wildman–Crippen LogP) is 2.96. The van der Waals surface area contributed by atoms with Crippen LogP contribution in [0, 0.1) is 0 Å². The number of amides is 1. The summed E-state index contributed by atoms with van der Waals surface area (Å²) in [6.45, 7) is 3.12. The zero-order chi connectivity index (χ0) is 16.8. The van der Waals surface area contributed by atoms with Crippen LogP contribution in [0.2, 0.25) is 0 Å². The van der Waals surface area contributed by atoms with Gasteiger partial charge in [0.15, 0.2) is 0 Å². The maximum absolute atomic E-state index is 11.9. The number of benzene rings is 2. The highest BCUT2D eigenvalue weighted by Gasteiger charge is 2.29. The Morgan fingerprint density at radius 2 is 2.04 bits per heavy atom. The van der Waals surface area contributed by atoms with Crippen LogP contribution in [0.3, 0.4) is 0 Å². The van der Waals surface area contributed by atoms with Gasteiger partial charge in [-0.1, -0.05) is 36.4 Å². The molecular formula is C20H26N2O2. The Morgan fingerprint density at radius 3 is 2.88 bits per heavy atom. The van der Waals surface area contributed by atoms with E-state index in [1.54, 1.807) is 7.11 Å². The average molecular weight is 326 g/mol. The quantitative estimate of drug-likeness (QED) is 0.758. The number of methoxy groups -OCH3 is 1. The number of carbonyl (C=O) groups excluding carboxylic acids is 1. The SMILES string of the molecule is COCCN1C(=O)CC[C@H]1CCNCc1ccc2ccccc2c1. The van der Waals surface area contributed by atoms with Gasteiger partial charge in [-0.15, -0.1) is 0 Å². The predicted molar refractivity (Wildman–Crippen MR) is 96.9 cm³/mol. The van der Waals surface area contributed by atoms with E-state index in [1.165, 1.54) is 16.3 Å². The molecule has 0 saturated carbocycles. The highest BCUT2D eigenvalue weighted by Crippen LogP contribution is 2.21. The fourth-order valence-electron chi connectivity index (χ4n) is 3.44. The molecule has 1 N–H and O–H groups in total. The molecule has 0 aromatic heterocycles. The lowest BCUT2D eigenvalue weighted by Gasteiger charge is -2.24. The van der Waals surface area contributed by atoms with Gasteiger partial charge in [-0.25, -0.2) is 0 Å². The van der Waals surface area contributed by atoms with Gasteiger partial charge in [-0.05, 0) is 41.8 Å². The first-order chi connectivity index (χ1) is 11.8. The highest BCUT2D eigenvalue weighted by molar-refractivity contribution is 5.83. The smallest absolute Gasteiger partial charge is 0.222 e. The number of nitrogens with zero attached hydrogens (tertiary/aromatic N) is 1. The number of rotatable bonds is 8. The van der Waals surface area contributed by atoms with Crippen molar-refractivity contribution in [3.63, 3.8) is 0 Å². The molecule has 0 aliphatic carbocycles. The molecule has 1 aliphatic rings. The zero-order valence-electron chi connectivity index (χ0n) is 14.3. The lowest BCUT2D eigenvalue weighted by Crippen LogP contribution is -2.37. The second kappa shape index (κ2) is 8.27. The Hall–Kier alpha value is -1.91. The Morgan fingerprint density at radius 1 is 1.21 bits per heavy atom. The zero-order valence-corrected chi connectivity index (χ0v) is 14.3. The summed E-state index contributed by atoms with van der Waals surface area (Å²) in [5.74, 6) is 0.270. The topological polar surface area (TPSA) is 41.6 Å². The van der Waals surface area contributed by atoms with Crippen LogP contribution < -0.4 is 5.32 Å². The molecule has 1 amide bonds. The van der Waals surface area contributed by atoms with Crippen LogP contribution in [0.15, 0.2) is 42.5 Å². The van der Waals surface area contributed by atoms with Crippen molar-refractivity contribution in [2.45, 2.75) is 31.8 Å². The molecule has 0 radical (unpaired) electrons. The van der Waals surface area contributed by atoms with E-state index >= 15 is 0 Å². The van der Waals surface area contributed by atoms with Gasteiger partial charge in [0.1, 0.15) is 0 Å². The number of hydrogen-bond acceptors (Lipinski definition) is 3. The molecule has 1 atom stereocenters. The summed E-state index contributed by atoms with van der Waals surface area (Å²) in [5, 5.41) is 6.07. The maximum atomic E-state index is 11.9. The van der Waals surface area contributed by atoms with E-state index in [-0.39, 0.29) is 5.91 Å². The largest absolute Gasteiger partial charge is 0.383 e. The lowest BCUT2D eigenvalue weighted by atomic mass is 10.1. The van der Waals surface area contributed by atoms with Gasteiger partial charge in [0.2, 0.25) is 5.91 Å². The minimum Gasteiger partial charge on any atom is -0.383 e. The molecule has 0 spiro atoms. The second-order valence-corrected chi connectivity index (χ2v) is 6.42. The van der Waals surface area contributed by atoms with Crippen LogP contribution in [-0.4, -0.2) is 43.7 Å². The molecule has 1 fully saturated rings. The minimum absolute atomic E-state index is 0.270. The Kier molecular flexibility index (Phi) is 5.83. The van der Waals surface area contributed by atoms with Crippen molar-refractivity contribution in [2.24, 2.45) is 0 Å². The molecule has 2 aromatic rings. The molecule has 1 aliphatic heterocycles. The first-order valence-corrected chi connectivity index (χ1v) is 8.75. The fraction of sp³-hybridized carbons (Fsp3) is 0.450.